The minimum Gasteiger partial charge on any atom is -0.490 e. The number of nitrogens with one attached hydrogen (secondary N) is 2. The third-order valence-corrected chi connectivity index (χ3v) is 4.93. The lowest BCUT2D eigenvalue weighted by atomic mass is 10.1. The topological polar surface area (TPSA) is 106 Å². The summed E-state index contributed by atoms with van der Waals surface area (Å²) in [5.74, 6) is -0.805. The Bertz CT molecular complexity index is 1220. The first kappa shape index (κ1) is 25.5. The number of aryl methyl sites for hydroxylation is 1. The SMILES string of the molecule is CCOc1cc(/C=N\NC(=O)CNC(=O)c2ccc(C)cc2)ccc1OC(=O)c1ccc(Cl)cc1. The van der Waals surface area contributed by atoms with Gasteiger partial charge in [0.2, 0.25) is 0 Å². The average Bonchev–Trinajstić information content (AvgIpc) is 2.85. The van der Waals surface area contributed by atoms with Crippen molar-refractivity contribution in [2.75, 3.05) is 13.2 Å². The second-order valence-electron chi connectivity index (χ2n) is 7.38. The molecule has 0 unspecified atom stereocenters. The zero-order chi connectivity index (χ0) is 25.2. The van der Waals surface area contributed by atoms with Gasteiger partial charge in [0.25, 0.3) is 11.8 Å². The van der Waals surface area contributed by atoms with Gasteiger partial charge in [0, 0.05) is 10.6 Å². The van der Waals surface area contributed by atoms with E-state index in [-0.39, 0.29) is 18.2 Å². The smallest absolute Gasteiger partial charge is 0.343 e. The Labute approximate surface area is 207 Å². The summed E-state index contributed by atoms with van der Waals surface area (Å²) in [7, 11) is 0. The van der Waals surface area contributed by atoms with E-state index in [2.05, 4.69) is 15.8 Å². The van der Waals surface area contributed by atoms with Crippen LogP contribution < -0.4 is 20.2 Å². The number of rotatable bonds is 9. The molecule has 0 heterocycles. The molecule has 0 saturated carbocycles. The molecule has 2 amide bonds. The second kappa shape index (κ2) is 12.3. The zero-order valence-corrected chi connectivity index (χ0v) is 20.0. The highest BCUT2D eigenvalue weighted by molar-refractivity contribution is 6.30. The first-order chi connectivity index (χ1) is 16.9. The summed E-state index contributed by atoms with van der Waals surface area (Å²) in [6.45, 7) is 3.85. The van der Waals surface area contributed by atoms with E-state index in [9.17, 15) is 14.4 Å². The fraction of sp³-hybridized carbons (Fsp3) is 0.154. The molecule has 8 nitrogen and oxygen atoms in total. The maximum Gasteiger partial charge on any atom is 0.343 e. The van der Waals surface area contributed by atoms with Crippen LogP contribution in [0.15, 0.2) is 71.8 Å². The predicted molar refractivity (Wildman–Crippen MR) is 133 cm³/mol. The van der Waals surface area contributed by atoms with Crippen molar-refractivity contribution >= 4 is 35.6 Å². The van der Waals surface area contributed by atoms with E-state index in [0.29, 0.717) is 34.1 Å². The van der Waals surface area contributed by atoms with E-state index >= 15 is 0 Å². The second-order valence-corrected chi connectivity index (χ2v) is 7.81. The number of halogens is 1. The molecule has 2 N–H and O–H groups in total. The highest BCUT2D eigenvalue weighted by atomic mass is 35.5. The zero-order valence-electron chi connectivity index (χ0n) is 19.2. The number of hydrogen-bond donors (Lipinski definition) is 2. The Hall–Kier alpha value is -4.17. The Kier molecular flexibility index (Phi) is 8.97. The van der Waals surface area contributed by atoms with Gasteiger partial charge >= 0.3 is 5.97 Å². The lowest BCUT2D eigenvalue weighted by molar-refractivity contribution is -0.120. The van der Waals surface area contributed by atoms with Crippen LogP contribution in [0.2, 0.25) is 5.02 Å². The molecule has 3 aromatic carbocycles. The van der Waals surface area contributed by atoms with Crippen molar-refractivity contribution in [3.63, 3.8) is 0 Å². The van der Waals surface area contributed by atoms with E-state index in [1.807, 2.05) is 19.1 Å². The van der Waals surface area contributed by atoms with E-state index in [4.69, 9.17) is 21.1 Å². The summed E-state index contributed by atoms with van der Waals surface area (Å²) in [4.78, 5) is 36.5. The van der Waals surface area contributed by atoms with Gasteiger partial charge in [-0.2, -0.15) is 5.10 Å². The van der Waals surface area contributed by atoms with Crippen LogP contribution in [0.3, 0.4) is 0 Å². The molecule has 0 aliphatic heterocycles. The minimum atomic E-state index is -0.552. The highest BCUT2D eigenvalue weighted by Crippen LogP contribution is 2.29. The summed E-state index contributed by atoms with van der Waals surface area (Å²) in [5, 5.41) is 6.95. The standard InChI is InChI=1S/C26H24ClN3O5/c1-3-34-23-14-18(6-13-22(23)35-26(33)20-9-11-21(27)12-10-20)15-29-30-24(31)16-28-25(32)19-7-4-17(2)5-8-19/h4-15H,3,16H2,1-2H3,(H,28,32)(H,30,31)/b29-15-. The average molecular weight is 494 g/mol. The predicted octanol–water partition coefficient (Wildman–Crippen LogP) is 4.15. The molecule has 0 atom stereocenters. The molecule has 0 aliphatic rings. The van der Waals surface area contributed by atoms with Crippen molar-refractivity contribution < 1.29 is 23.9 Å². The fourth-order valence-electron chi connectivity index (χ4n) is 2.89. The van der Waals surface area contributed by atoms with Crippen molar-refractivity contribution in [3.05, 3.63) is 94.0 Å². The molecule has 9 heteroatoms. The molecule has 0 aliphatic carbocycles. The van der Waals surface area contributed by atoms with Gasteiger partial charge in [0.05, 0.1) is 24.9 Å². The molecule has 0 bridgehead atoms. The number of carbonyl (C=O) groups is 3. The molecule has 0 fully saturated rings. The van der Waals surface area contributed by atoms with Gasteiger partial charge in [-0.05, 0) is 74.0 Å². The van der Waals surface area contributed by atoms with Crippen LogP contribution in [-0.4, -0.2) is 37.1 Å². The summed E-state index contributed by atoms with van der Waals surface area (Å²) in [6, 6.07) is 18.2. The lowest BCUT2D eigenvalue weighted by Crippen LogP contribution is -2.34. The van der Waals surface area contributed by atoms with Gasteiger partial charge in [-0.3, -0.25) is 9.59 Å². The van der Waals surface area contributed by atoms with Gasteiger partial charge in [-0.25, -0.2) is 10.2 Å². The number of benzene rings is 3. The number of nitrogens with zero attached hydrogens (tertiary/aromatic N) is 1. The number of amides is 2. The molecule has 0 spiro atoms. The van der Waals surface area contributed by atoms with Crippen LogP contribution in [0.4, 0.5) is 0 Å². The fourth-order valence-corrected chi connectivity index (χ4v) is 3.01. The van der Waals surface area contributed by atoms with Gasteiger partial charge < -0.3 is 14.8 Å². The summed E-state index contributed by atoms with van der Waals surface area (Å²) < 4.78 is 11.0. The molecule has 0 aromatic heterocycles. The summed E-state index contributed by atoms with van der Waals surface area (Å²) in [6.07, 6.45) is 1.41. The maximum atomic E-state index is 12.4. The van der Waals surface area contributed by atoms with E-state index in [0.717, 1.165) is 5.56 Å². The normalized spacial score (nSPS) is 10.6. The van der Waals surface area contributed by atoms with Gasteiger partial charge in [-0.1, -0.05) is 29.3 Å². The van der Waals surface area contributed by atoms with Crippen LogP contribution >= 0.6 is 11.6 Å². The Balaban J connectivity index is 1.56. The van der Waals surface area contributed by atoms with Crippen LogP contribution in [0.5, 0.6) is 11.5 Å². The van der Waals surface area contributed by atoms with Crippen LogP contribution in [0, 0.1) is 6.92 Å². The van der Waals surface area contributed by atoms with Gasteiger partial charge in [0.1, 0.15) is 0 Å². The third kappa shape index (κ3) is 7.68. The molecule has 3 rings (SSSR count). The summed E-state index contributed by atoms with van der Waals surface area (Å²) in [5.41, 5.74) is 4.80. The Morgan fingerprint density at radius 2 is 1.63 bits per heavy atom. The van der Waals surface area contributed by atoms with Crippen molar-refractivity contribution in [3.8, 4) is 11.5 Å². The first-order valence-corrected chi connectivity index (χ1v) is 11.1. The van der Waals surface area contributed by atoms with Crippen LogP contribution in [0.1, 0.15) is 38.8 Å². The Morgan fingerprint density at radius 3 is 2.31 bits per heavy atom. The van der Waals surface area contributed by atoms with E-state index in [1.165, 1.54) is 6.21 Å². The van der Waals surface area contributed by atoms with Crippen molar-refractivity contribution in [1.82, 2.24) is 10.7 Å². The molecule has 0 saturated heterocycles. The Morgan fingerprint density at radius 1 is 0.943 bits per heavy atom. The minimum absolute atomic E-state index is 0.228. The highest BCUT2D eigenvalue weighted by Gasteiger charge is 2.13. The van der Waals surface area contributed by atoms with Crippen molar-refractivity contribution in [1.29, 1.82) is 0 Å². The molecule has 35 heavy (non-hydrogen) atoms. The number of hydrazone groups is 1. The number of hydrogen-bond acceptors (Lipinski definition) is 6. The monoisotopic (exact) mass is 493 g/mol. The first-order valence-electron chi connectivity index (χ1n) is 10.8. The van der Waals surface area contributed by atoms with E-state index in [1.54, 1.807) is 61.5 Å². The van der Waals surface area contributed by atoms with Crippen molar-refractivity contribution in [2.24, 2.45) is 5.10 Å². The lowest BCUT2D eigenvalue weighted by Gasteiger charge is -2.11. The molecule has 0 radical (unpaired) electrons. The molecular formula is C26H24ClN3O5. The maximum absolute atomic E-state index is 12.4. The molecule has 3 aromatic rings. The summed E-state index contributed by atoms with van der Waals surface area (Å²) >= 11 is 5.85. The van der Waals surface area contributed by atoms with Crippen LogP contribution in [0.25, 0.3) is 0 Å². The molecular weight excluding hydrogens is 470 g/mol. The third-order valence-electron chi connectivity index (χ3n) is 4.68. The van der Waals surface area contributed by atoms with Crippen LogP contribution in [-0.2, 0) is 4.79 Å². The van der Waals surface area contributed by atoms with Gasteiger partial charge in [0.15, 0.2) is 11.5 Å². The quantitative estimate of drug-likeness (QED) is 0.201. The van der Waals surface area contributed by atoms with Gasteiger partial charge in [-0.15, -0.1) is 0 Å². The molecule has 180 valence electrons. The number of carbonyl (C=O) groups excluding carboxylic acids is 3. The number of ether oxygens (including phenoxy) is 2. The van der Waals surface area contributed by atoms with Crippen molar-refractivity contribution in [2.45, 2.75) is 13.8 Å². The number of esters is 1. The van der Waals surface area contributed by atoms with E-state index < -0.39 is 11.9 Å². The largest absolute Gasteiger partial charge is 0.490 e.